The first-order valence-corrected chi connectivity index (χ1v) is 17.3. The van der Waals surface area contributed by atoms with Crippen molar-refractivity contribution in [2.45, 2.75) is 130 Å². The molecule has 0 saturated carbocycles. The maximum absolute atomic E-state index is 6.39. The lowest BCUT2D eigenvalue weighted by Crippen LogP contribution is -2.41. The van der Waals surface area contributed by atoms with Crippen LogP contribution in [0.15, 0.2) is 18.2 Å². The lowest BCUT2D eigenvalue weighted by Gasteiger charge is -2.22. The third-order valence-corrected chi connectivity index (χ3v) is 9.17. The van der Waals surface area contributed by atoms with E-state index in [0.717, 1.165) is 19.6 Å². The molecule has 0 atom stereocenters. The maximum Gasteiger partial charge on any atom is 0.356 e. The summed E-state index contributed by atoms with van der Waals surface area (Å²) in [6.07, 6.45) is 21.1. The first-order valence-electron chi connectivity index (χ1n) is 15.8. The van der Waals surface area contributed by atoms with Crippen LogP contribution in [0.4, 0.5) is 0 Å². The van der Waals surface area contributed by atoms with Gasteiger partial charge in [0.2, 0.25) is 0 Å². The Labute approximate surface area is 232 Å². The number of rotatable bonds is 27. The van der Waals surface area contributed by atoms with Gasteiger partial charge in [-0.25, -0.2) is 0 Å². The zero-order valence-electron chi connectivity index (χ0n) is 25.0. The van der Waals surface area contributed by atoms with Crippen LogP contribution in [0.2, 0.25) is 0 Å². The van der Waals surface area contributed by atoms with Gasteiger partial charge in [-0.3, -0.25) is 0 Å². The molecule has 0 aliphatic heterocycles. The Kier molecular flexibility index (Phi) is 23.7. The van der Waals surface area contributed by atoms with Crippen molar-refractivity contribution < 1.29 is 18.3 Å². The number of benzene rings is 1. The van der Waals surface area contributed by atoms with Crippen LogP contribution in [0.1, 0.15) is 129 Å². The molecule has 0 radical (unpaired) electrons. The Morgan fingerprint density at radius 1 is 0.541 bits per heavy atom. The number of hydrogen-bond acceptors (Lipinski definition) is 4. The van der Waals surface area contributed by atoms with Crippen molar-refractivity contribution in [3.63, 3.8) is 0 Å². The van der Waals surface area contributed by atoms with E-state index in [1.807, 2.05) is 13.8 Å². The largest absolute Gasteiger partial charge is 0.391 e. The SMILES string of the molecule is CCCCCCCCCc1cccc([SiH](OCCOCC)OCCOCC)c1CCCCCCCCC. The summed E-state index contributed by atoms with van der Waals surface area (Å²) in [6, 6.07) is 6.88. The van der Waals surface area contributed by atoms with E-state index >= 15 is 0 Å². The van der Waals surface area contributed by atoms with Crippen molar-refractivity contribution in [3.8, 4) is 0 Å². The third kappa shape index (κ3) is 17.5. The molecule has 0 bridgehead atoms. The Bertz CT molecular complexity index is 613. The van der Waals surface area contributed by atoms with E-state index in [4.69, 9.17) is 18.3 Å². The molecule has 1 aromatic rings. The van der Waals surface area contributed by atoms with E-state index in [1.54, 1.807) is 0 Å². The summed E-state index contributed by atoms with van der Waals surface area (Å²) in [5.74, 6) is 0. The van der Waals surface area contributed by atoms with Gasteiger partial charge in [-0.1, -0.05) is 109 Å². The fourth-order valence-corrected chi connectivity index (χ4v) is 6.85. The highest BCUT2D eigenvalue weighted by atomic mass is 28.3. The van der Waals surface area contributed by atoms with E-state index in [-0.39, 0.29) is 0 Å². The Balaban J connectivity index is 2.87. The molecule has 5 heteroatoms. The summed E-state index contributed by atoms with van der Waals surface area (Å²) in [5.41, 5.74) is 3.04. The van der Waals surface area contributed by atoms with Gasteiger partial charge in [-0.05, 0) is 55.8 Å². The summed E-state index contributed by atoms with van der Waals surface area (Å²) >= 11 is 0. The summed E-state index contributed by atoms with van der Waals surface area (Å²) in [5, 5.41) is 1.35. The number of ether oxygens (including phenoxy) is 2. The van der Waals surface area contributed by atoms with Crippen molar-refractivity contribution >= 4 is 14.5 Å². The lowest BCUT2D eigenvalue weighted by atomic mass is 9.96. The molecular formula is C32H60O4Si. The molecule has 1 rings (SSSR count). The molecule has 0 aliphatic carbocycles. The van der Waals surface area contributed by atoms with Crippen LogP contribution in [0.5, 0.6) is 0 Å². The van der Waals surface area contributed by atoms with Crippen LogP contribution in [-0.4, -0.2) is 48.9 Å². The number of aryl methyl sites for hydroxylation is 1. The Morgan fingerprint density at radius 3 is 1.54 bits per heavy atom. The summed E-state index contributed by atoms with van der Waals surface area (Å²) in [6.45, 7) is 12.5. The molecule has 0 amide bonds. The van der Waals surface area contributed by atoms with Gasteiger partial charge in [-0.15, -0.1) is 0 Å². The van der Waals surface area contributed by atoms with Gasteiger partial charge in [0, 0.05) is 13.2 Å². The zero-order valence-corrected chi connectivity index (χ0v) is 26.2. The van der Waals surface area contributed by atoms with E-state index in [9.17, 15) is 0 Å². The van der Waals surface area contributed by atoms with E-state index in [0.29, 0.717) is 26.4 Å². The summed E-state index contributed by atoms with van der Waals surface area (Å²) in [4.78, 5) is 0. The van der Waals surface area contributed by atoms with Crippen LogP contribution >= 0.6 is 0 Å². The fraction of sp³-hybridized carbons (Fsp3) is 0.812. The predicted molar refractivity (Wildman–Crippen MR) is 162 cm³/mol. The van der Waals surface area contributed by atoms with E-state index < -0.39 is 9.28 Å². The van der Waals surface area contributed by atoms with Crippen molar-refractivity contribution in [3.05, 3.63) is 29.3 Å². The summed E-state index contributed by atoms with van der Waals surface area (Å²) in [7, 11) is -2.04. The number of hydrogen-bond donors (Lipinski definition) is 0. The predicted octanol–water partition coefficient (Wildman–Crippen LogP) is 7.81. The van der Waals surface area contributed by atoms with Gasteiger partial charge in [0.1, 0.15) is 0 Å². The topological polar surface area (TPSA) is 36.9 Å². The van der Waals surface area contributed by atoms with Crippen molar-refractivity contribution in [2.75, 3.05) is 39.6 Å². The quantitative estimate of drug-likeness (QED) is 0.0849. The molecule has 216 valence electrons. The molecule has 1 aromatic carbocycles. The molecular weight excluding hydrogens is 476 g/mol. The fourth-order valence-electron chi connectivity index (χ4n) is 4.89. The first kappa shape index (κ1) is 34.3. The molecule has 0 spiro atoms. The minimum atomic E-state index is -2.04. The third-order valence-electron chi connectivity index (χ3n) is 7.05. The van der Waals surface area contributed by atoms with Gasteiger partial charge in [0.25, 0.3) is 0 Å². The molecule has 0 N–H and O–H groups in total. The van der Waals surface area contributed by atoms with Crippen molar-refractivity contribution in [2.24, 2.45) is 0 Å². The summed E-state index contributed by atoms with van der Waals surface area (Å²) < 4.78 is 23.9. The average Bonchev–Trinajstić information content (AvgIpc) is 2.91. The van der Waals surface area contributed by atoms with Crippen LogP contribution in [0.3, 0.4) is 0 Å². The molecule has 0 aliphatic rings. The normalized spacial score (nSPS) is 11.6. The molecule has 0 heterocycles. The molecule has 37 heavy (non-hydrogen) atoms. The Hall–Kier alpha value is -0.723. The zero-order chi connectivity index (χ0) is 26.8. The molecule has 0 unspecified atom stereocenters. The van der Waals surface area contributed by atoms with Crippen LogP contribution in [0.25, 0.3) is 0 Å². The van der Waals surface area contributed by atoms with Gasteiger partial charge >= 0.3 is 9.28 Å². The second kappa shape index (κ2) is 25.5. The van der Waals surface area contributed by atoms with Crippen LogP contribution < -0.4 is 5.19 Å². The minimum Gasteiger partial charge on any atom is -0.391 e. The highest BCUT2D eigenvalue weighted by molar-refractivity contribution is 6.61. The lowest BCUT2D eigenvalue weighted by molar-refractivity contribution is 0.0784. The standard InChI is InChI=1S/C32H60O4Si/c1-5-9-11-13-15-17-19-22-30-23-21-25-32(31(30)24-20-18-16-14-12-10-6-2)37(35-28-26-33-7-3)36-29-27-34-8-4/h21,23,25,37H,5-20,22,24,26-29H2,1-4H3. The van der Waals surface area contributed by atoms with Crippen LogP contribution in [0, 0.1) is 0 Å². The first-order chi connectivity index (χ1) is 18.3. The average molecular weight is 537 g/mol. The molecule has 0 fully saturated rings. The van der Waals surface area contributed by atoms with Gasteiger partial charge in [0.15, 0.2) is 0 Å². The van der Waals surface area contributed by atoms with Gasteiger partial charge in [0.05, 0.1) is 26.4 Å². The molecule has 0 aromatic heterocycles. The van der Waals surface area contributed by atoms with Gasteiger partial charge < -0.3 is 18.3 Å². The monoisotopic (exact) mass is 536 g/mol. The number of unbranched alkanes of at least 4 members (excludes halogenated alkanes) is 12. The van der Waals surface area contributed by atoms with E-state index in [1.165, 1.54) is 113 Å². The highest BCUT2D eigenvalue weighted by Gasteiger charge is 2.22. The van der Waals surface area contributed by atoms with E-state index in [2.05, 4.69) is 32.0 Å². The minimum absolute atomic E-state index is 0.595. The van der Waals surface area contributed by atoms with Crippen molar-refractivity contribution in [1.29, 1.82) is 0 Å². The maximum atomic E-state index is 6.39. The molecule has 0 saturated heterocycles. The second-order valence-corrected chi connectivity index (χ2v) is 12.1. The smallest absolute Gasteiger partial charge is 0.356 e. The highest BCUT2D eigenvalue weighted by Crippen LogP contribution is 2.18. The van der Waals surface area contributed by atoms with Crippen LogP contribution in [-0.2, 0) is 31.2 Å². The Morgan fingerprint density at radius 2 is 1.03 bits per heavy atom. The molecule has 4 nitrogen and oxygen atoms in total. The van der Waals surface area contributed by atoms with Gasteiger partial charge in [-0.2, -0.15) is 0 Å². The van der Waals surface area contributed by atoms with Crippen molar-refractivity contribution in [1.82, 2.24) is 0 Å². The second-order valence-electron chi connectivity index (χ2n) is 10.2.